The second-order valence-corrected chi connectivity index (χ2v) is 11.2. The largest absolute Gasteiger partial charge is 0.506 e. The first-order valence-corrected chi connectivity index (χ1v) is 13.7. The Labute approximate surface area is 228 Å². The maximum atomic E-state index is 12.6. The van der Waals surface area contributed by atoms with E-state index in [0.29, 0.717) is 41.5 Å². The highest BCUT2D eigenvalue weighted by Crippen LogP contribution is 2.40. The molecule has 0 aliphatic heterocycles. The molecule has 7 nitrogen and oxygen atoms in total. The predicted molar refractivity (Wildman–Crippen MR) is 144 cm³/mol. The minimum atomic E-state index is -0.457. The number of nitrogens with zero attached hydrogens (tertiary/aromatic N) is 2. The van der Waals surface area contributed by atoms with Gasteiger partial charge < -0.3 is 5.11 Å². The van der Waals surface area contributed by atoms with Crippen LogP contribution in [-0.2, 0) is 0 Å². The van der Waals surface area contributed by atoms with Gasteiger partial charge in [0, 0.05) is 27.1 Å². The van der Waals surface area contributed by atoms with E-state index in [1.54, 1.807) is 54.8 Å². The fourth-order valence-corrected chi connectivity index (χ4v) is 6.02. The molecule has 0 atom stereocenters. The highest BCUT2D eigenvalue weighted by atomic mass is 35.5. The number of hydrogen-bond donors (Lipinski definition) is 3. The Balaban J connectivity index is 1.39. The number of aromatic hydroxyl groups is 1. The van der Waals surface area contributed by atoms with Crippen LogP contribution in [0.2, 0.25) is 10.0 Å². The van der Waals surface area contributed by atoms with E-state index < -0.39 is 5.91 Å². The average Bonchev–Trinajstić information content (AvgIpc) is 3.51. The van der Waals surface area contributed by atoms with Gasteiger partial charge in [-0.2, -0.15) is 5.10 Å². The number of carbonyl (C=O) groups is 2. The maximum Gasteiger partial charge on any atom is 0.281 e. The molecule has 0 spiro atoms. The molecule has 12 heteroatoms. The number of halogens is 2. The Morgan fingerprint density at radius 1 is 1.08 bits per heavy atom. The lowest BCUT2D eigenvalue weighted by Crippen LogP contribution is -2.27. The number of thiophene rings is 2. The summed E-state index contributed by atoms with van der Waals surface area (Å²) >= 11 is 15.8. The van der Waals surface area contributed by atoms with Crippen LogP contribution < -0.4 is 10.2 Å². The number of nitrogens with one attached hydrogen (secondary N) is 1. The van der Waals surface area contributed by atoms with E-state index in [4.69, 9.17) is 23.2 Å². The fraction of sp³-hybridized carbons (Fsp3) is 0.0833. The standard InChI is InChI=1S/C24H17Cl2N3O4S3/c1-13(16-11-35-23(22(16)31)14-2-3-17(25)18(26)10-14)27-28-24(32)21-5-4-20(36-21)19(30)12-34-15-6-8-29(33)9-7-15/h2-11H,12H2,1H3,(H2-,28,31,32,33)/p+1/b27-13+. The van der Waals surface area contributed by atoms with Crippen molar-refractivity contribution in [3.63, 3.8) is 0 Å². The summed E-state index contributed by atoms with van der Waals surface area (Å²) < 4.78 is 0.925. The average molecular weight is 580 g/mol. The molecule has 0 radical (unpaired) electrons. The summed E-state index contributed by atoms with van der Waals surface area (Å²) in [5.74, 6) is -0.335. The molecule has 0 aliphatic carbocycles. The van der Waals surface area contributed by atoms with Gasteiger partial charge in [0.25, 0.3) is 5.91 Å². The summed E-state index contributed by atoms with van der Waals surface area (Å²) in [7, 11) is 0. The number of benzene rings is 1. The molecule has 0 fully saturated rings. The third-order valence-electron chi connectivity index (χ3n) is 4.92. The third-order valence-corrected chi connectivity index (χ3v) is 8.81. The van der Waals surface area contributed by atoms with Crippen molar-refractivity contribution in [3.8, 4) is 16.2 Å². The van der Waals surface area contributed by atoms with Gasteiger partial charge in [0.15, 0.2) is 5.78 Å². The summed E-state index contributed by atoms with van der Waals surface area (Å²) in [4.78, 5) is 27.3. The number of amides is 1. The molecule has 1 amide bonds. The maximum absolute atomic E-state index is 12.6. The zero-order valence-corrected chi connectivity index (χ0v) is 22.5. The van der Waals surface area contributed by atoms with E-state index >= 15 is 0 Å². The first kappa shape index (κ1) is 26.2. The van der Waals surface area contributed by atoms with Crippen molar-refractivity contribution in [1.82, 2.24) is 5.43 Å². The molecule has 4 rings (SSSR count). The van der Waals surface area contributed by atoms with Gasteiger partial charge in [0.2, 0.25) is 12.4 Å². The summed E-state index contributed by atoms with van der Waals surface area (Å²) in [6, 6.07) is 11.7. The molecule has 36 heavy (non-hydrogen) atoms. The SMILES string of the molecule is C/C(=N\NC(=O)c1ccc(C(=O)CSc2cc[n+](O)cc2)s1)c1csc(-c2ccc(Cl)c(Cl)c2)c1O. The highest BCUT2D eigenvalue weighted by Gasteiger charge is 2.17. The zero-order chi connectivity index (χ0) is 25.8. The van der Waals surface area contributed by atoms with E-state index in [9.17, 15) is 19.9 Å². The van der Waals surface area contributed by atoms with E-state index in [-0.39, 0.29) is 17.3 Å². The highest BCUT2D eigenvalue weighted by molar-refractivity contribution is 8.00. The van der Waals surface area contributed by atoms with E-state index in [2.05, 4.69) is 10.5 Å². The van der Waals surface area contributed by atoms with Crippen molar-refractivity contribution < 1.29 is 24.6 Å². The van der Waals surface area contributed by atoms with Crippen molar-refractivity contribution in [1.29, 1.82) is 0 Å². The van der Waals surface area contributed by atoms with Crippen LogP contribution in [0.5, 0.6) is 5.75 Å². The lowest BCUT2D eigenvalue weighted by Gasteiger charge is -2.04. The molecular formula is C24H18Cl2N3O4S3+. The third kappa shape index (κ3) is 6.08. The smallest absolute Gasteiger partial charge is 0.281 e. The molecule has 4 aromatic rings. The molecule has 184 valence electrons. The molecule has 1 aromatic carbocycles. The number of thioether (sulfide) groups is 1. The van der Waals surface area contributed by atoms with Crippen LogP contribution >= 0.6 is 57.6 Å². The first-order chi connectivity index (χ1) is 17.2. The van der Waals surface area contributed by atoms with E-state index in [0.717, 1.165) is 21.0 Å². The second-order valence-electron chi connectivity index (χ2n) is 7.38. The molecule has 3 N–H and O–H groups in total. The van der Waals surface area contributed by atoms with E-state index in [1.165, 1.54) is 35.5 Å². The van der Waals surface area contributed by atoms with Crippen molar-refractivity contribution >= 4 is 75.0 Å². The Kier molecular flexibility index (Phi) is 8.32. The summed E-state index contributed by atoms with van der Waals surface area (Å²) in [5, 5.41) is 26.6. The number of rotatable bonds is 8. The number of carbonyl (C=O) groups excluding carboxylic acids is 2. The molecule has 0 unspecified atom stereocenters. The molecule has 0 bridgehead atoms. The monoisotopic (exact) mass is 578 g/mol. The molecule has 0 saturated carbocycles. The van der Waals surface area contributed by atoms with Crippen molar-refractivity contribution in [2.75, 3.05) is 5.75 Å². The van der Waals surface area contributed by atoms with Gasteiger partial charge in [-0.15, -0.1) is 34.4 Å². The van der Waals surface area contributed by atoms with Gasteiger partial charge in [0.1, 0.15) is 5.75 Å². The first-order valence-electron chi connectivity index (χ1n) is 10.3. The number of Topliss-reactive ketones (excluding diaryl/α,β-unsaturated/α-hetero) is 1. The number of pyridine rings is 1. The summed E-state index contributed by atoms with van der Waals surface area (Å²) in [6.07, 6.45) is 2.96. The van der Waals surface area contributed by atoms with Gasteiger partial charge in [-0.25, -0.2) is 5.43 Å². The quantitative estimate of drug-likeness (QED) is 0.0581. The van der Waals surface area contributed by atoms with Gasteiger partial charge in [-0.05, 0) is 36.8 Å². The minimum Gasteiger partial charge on any atom is -0.506 e. The van der Waals surface area contributed by atoms with E-state index in [1.807, 2.05) is 0 Å². The molecule has 3 aromatic heterocycles. The van der Waals surface area contributed by atoms with Crippen LogP contribution in [0.25, 0.3) is 10.4 Å². The Morgan fingerprint density at radius 3 is 2.53 bits per heavy atom. The number of hydrazone groups is 1. The number of ketones is 1. The van der Waals surface area contributed by atoms with Crippen LogP contribution in [0.3, 0.4) is 0 Å². The Bertz CT molecular complexity index is 1470. The van der Waals surface area contributed by atoms with Crippen LogP contribution in [0.15, 0.2) is 70.2 Å². The second kappa shape index (κ2) is 11.4. The zero-order valence-electron chi connectivity index (χ0n) is 18.6. The molecular weight excluding hydrogens is 561 g/mol. The van der Waals surface area contributed by atoms with Crippen molar-refractivity contribution in [2.24, 2.45) is 5.10 Å². The summed E-state index contributed by atoms with van der Waals surface area (Å²) in [5.41, 5.74) is 4.09. The minimum absolute atomic E-state index is 0.0302. The van der Waals surface area contributed by atoms with Gasteiger partial charge in [-0.1, -0.05) is 29.3 Å². The Morgan fingerprint density at radius 2 is 1.81 bits per heavy atom. The van der Waals surface area contributed by atoms with Gasteiger partial charge >= 0.3 is 0 Å². The predicted octanol–water partition coefficient (Wildman–Crippen LogP) is 6.14. The summed E-state index contributed by atoms with van der Waals surface area (Å²) in [6.45, 7) is 1.67. The molecule has 0 aliphatic rings. The number of aromatic nitrogens is 1. The topological polar surface area (TPSA) is 103 Å². The van der Waals surface area contributed by atoms with Gasteiger partial charge in [-0.3, -0.25) is 14.8 Å². The Hall–Kier alpha value is -2.89. The van der Waals surface area contributed by atoms with Crippen molar-refractivity contribution in [2.45, 2.75) is 11.8 Å². The lowest BCUT2D eigenvalue weighted by atomic mass is 10.1. The van der Waals surface area contributed by atoms with Crippen molar-refractivity contribution in [3.05, 3.63) is 85.6 Å². The number of hydrogen-bond acceptors (Lipinski definition) is 8. The lowest BCUT2D eigenvalue weighted by molar-refractivity contribution is -0.905. The molecule has 3 heterocycles. The molecule has 0 saturated heterocycles. The van der Waals surface area contributed by atoms with Gasteiger partial charge in [0.05, 0.1) is 41.7 Å². The van der Waals surface area contributed by atoms with Crippen LogP contribution in [0, 0.1) is 0 Å². The van der Waals surface area contributed by atoms with Crippen LogP contribution in [-0.4, -0.2) is 33.5 Å². The normalized spacial score (nSPS) is 11.5. The van der Waals surface area contributed by atoms with Crippen LogP contribution in [0.4, 0.5) is 0 Å². The van der Waals surface area contributed by atoms with Crippen LogP contribution in [0.1, 0.15) is 31.8 Å². The fourth-order valence-electron chi connectivity index (χ4n) is 3.03.